The fourth-order valence-corrected chi connectivity index (χ4v) is 1.78. The Labute approximate surface area is 121 Å². The summed E-state index contributed by atoms with van der Waals surface area (Å²) in [5.41, 5.74) is 0.124. The molecule has 0 saturated heterocycles. The molecule has 1 atom stereocenters. The van der Waals surface area contributed by atoms with E-state index in [9.17, 15) is 9.18 Å². The third-order valence-corrected chi connectivity index (χ3v) is 2.84. The van der Waals surface area contributed by atoms with Gasteiger partial charge in [-0.15, -0.1) is 0 Å². The Hall–Kier alpha value is -2.07. The first-order chi connectivity index (χ1) is 9.56. The molecule has 2 rings (SSSR count). The van der Waals surface area contributed by atoms with Crippen molar-refractivity contribution >= 4 is 23.2 Å². The Kier molecular flexibility index (Phi) is 4.58. The second-order valence-electron chi connectivity index (χ2n) is 4.19. The van der Waals surface area contributed by atoms with Gasteiger partial charge in [-0.25, -0.2) is 4.39 Å². The molecule has 104 valence electrons. The molecule has 0 radical (unpaired) electrons. The number of rotatable bonds is 4. The first kappa shape index (κ1) is 14.3. The van der Waals surface area contributed by atoms with Crippen LogP contribution in [0.5, 0.6) is 5.75 Å². The molecule has 0 aliphatic rings. The highest BCUT2D eigenvalue weighted by Gasteiger charge is 2.16. The Bertz CT molecular complexity index is 618. The topological polar surface area (TPSA) is 38.3 Å². The van der Waals surface area contributed by atoms with Gasteiger partial charge in [-0.3, -0.25) is 4.79 Å². The van der Waals surface area contributed by atoms with Crippen LogP contribution in [0.1, 0.15) is 6.92 Å². The molecule has 0 spiro atoms. The van der Waals surface area contributed by atoms with Gasteiger partial charge in [0.25, 0.3) is 5.91 Å². The van der Waals surface area contributed by atoms with Gasteiger partial charge in [-0.05, 0) is 37.3 Å². The molecule has 0 saturated carbocycles. The summed E-state index contributed by atoms with van der Waals surface area (Å²) in [6, 6.07) is 12.7. The smallest absolute Gasteiger partial charge is 0.265 e. The molecule has 0 heterocycles. The minimum absolute atomic E-state index is 0.124. The summed E-state index contributed by atoms with van der Waals surface area (Å²) in [5.74, 6) is -0.445. The van der Waals surface area contributed by atoms with E-state index < -0.39 is 17.8 Å². The standard InChI is InChI=1S/C15H13ClFNO2/c1-10(20-12-6-4-5-11(16)9-12)15(19)18-14-8-3-2-7-13(14)17/h2-10H,1H3,(H,18,19). The van der Waals surface area contributed by atoms with Crippen molar-refractivity contribution in [1.82, 2.24) is 0 Å². The lowest BCUT2D eigenvalue weighted by Gasteiger charge is -2.15. The second-order valence-corrected chi connectivity index (χ2v) is 4.62. The van der Waals surface area contributed by atoms with E-state index in [4.69, 9.17) is 16.3 Å². The third kappa shape index (κ3) is 3.71. The monoisotopic (exact) mass is 293 g/mol. The number of para-hydroxylation sites is 1. The van der Waals surface area contributed by atoms with Crippen LogP contribution in [0.4, 0.5) is 10.1 Å². The van der Waals surface area contributed by atoms with Crippen molar-refractivity contribution in [3.05, 3.63) is 59.4 Å². The highest BCUT2D eigenvalue weighted by atomic mass is 35.5. The molecular weight excluding hydrogens is 281 g/mol. The highest BCUT2D eigenvalue weighted by molar-refractivity contribution is 6.30. The number of hydrogen-bond acceptors (Lipinski definition) is 2. The quantitative estimate of drug-likeness (QED) is 0.929. The van der Waals surface area contributed by atoms with Crippen LogP contribution in [0.3, 0.4) is 0 Å². The van der Waals surface area contributed by atoms with Crippen LogP contribution in [-0.4, -0.2) is 12.0 Å². The SMILES string of the molecule is CC(Oc1cccc(Cl)c1)C(=O)Nc1ccccc1F. The van der Waals surface area contributed by atoms with Crippen molar-refractivity contribution < 1.29 is 13.9 Å². The number of carbonyl (C=O) groups is 1. The van der Waals surface area contributed by atoms with Crippen LogP contribution in [0, 0.1) is 5.82 Å². The molecule has 1 N–H and O–H groups in total. The summed E-state index contributed by atoms with van der Waals surface area (Å²) < 4.78 is 18.9. The molecule has 0 bridgehead atoms. The number of anilines is 1. The van der Waals surface area contributed by atoms with Gasteiger partial charge in [-0.2, -0.15) is 0 Å². The highest BCUT2D eigenvalue weighted by Crippen LogP contribution is 2.19. The van der Waals surface area contributed by atoms with Crippen LogP contribution >= 0.6 is 11.6 Å². The molecule has 20 heavy (non-hydrogen) atoms. The first-order valence-corrected chi connectivity index (χ1v) is 6.41. The number of hydrogen-bond donors (Lipinski definition) is 1. The molecule has 1 amide bonds. The van der Waals surface area contributed by atoms with Crippen molar-refractivity contribution in [2.24, 2.45) is 0 Å². The van der Waals surface area contributed by atoms with Crippen molar-refractivity contribution in [1.29, 1.82) is 0 Å². The number of nitrogens with one attached hydrogen (secondary N) is 1. The number of halogens is 2. The average molecular weight is 294 g/mol. The van der Waals surface area contributed by atoms with Gasteiger partial charge in [0.1, 0.15) is 11.6 Å². The molecule has 1 unspecified atom stereocenters. The largest absolute Gasteiger partial charge is 0.481 e. The van der Waals surface area contributed by atoms with E-state index in [2.05, 4.69) is 5.32 Å². The first-order valence-electron chi connectivity index (χ1n) is 6.04. The maximum atomic E-state index is 13.4. The second kappa shape index (κ2) is 6.39. The molecule has 2 aromatic carbocycles. The summed E-state index contributed by atoms with van der Waals surface area (Å²) in [7, 11) is 0. The fourth-order valence-electron chi connectivity index (χ4n) is 1.59. The van der Waals surface area contributed by atoms with Gasteiger partial charge >= 0.3 is 0 Å². The number of carbonyl (C=O) groups excluding carboxylic acids is 1. The lowest BCUT2D eigenvalue weighted by molar-refractivity contribution is -0.122. The van der Waals surface area contributed by atoms with Crippen LogP contribution in [0.15, 0.2) is 48.5 Å². The van der Waals surface area contributed by atoms with Crippen molar-refractivity contribution in [3.63, 3.8) is 0 Å². The van der Waals surface area contributed by atoms with E-state index in [1.54, 1.807) is 43.3 Å². The molecule has 0 aromatic heterocycles. The maximum Gasteiger partial charge on any atom is 0.265 e. The summed E-state index contributed by atoms with van der Waals surface area (Å²) in [4.78, 5) is 11.9. The van der Waals surface area contributed by atoms with Crippen molar-refractivity contribution in [2.75, 3.05) is 5.32 Å². The van der Waals surface area contributed by atoms with E-state index >= 15 is 0 Å². The predicted molar refractivity (Wildman–Crippen MR) is 76.6 cm³/mol. The molecule has 0 fully saturated rings. The molecule has 0 aliphatic heterocycles. The molecular formula is C15H13ClFNO2. The molecule has 0 aliphatic carbocycles. The van der Waals surface area contributed by atoms with Crippen LogP contribution in [0.25, 0.3) is 0 Å². The van der Waals surface area contributed by atoms with Crippen LogP contribution < -0.4 is 10.1 Å². The van der Waals surface area contributed by atoms with Gasteiger partial charge in [0, 0.05) is 5.02 Å². The third-order valence-electron chi connectivity index (χ3n) is 2.61. The van der Waals surface area contributed by atoms with E-state index in [1.165, 1.54) is 12.1 Å². The summed E-state index contributed by atoms with van der Waals surface area (Å²) in [6.45, 7) is 1.58. The minimum atomic E-state index is -0.770. The van der Waals surface area contributed by atoms with Gasteiger partial charge in [0.2, 0.25) is 0 Å². The number of amides is 1. The fraction of sp³-hybridized carbons (Fsp3) is 0.133. The van der Waals surface area contributed by atoms with Crippen LogP contribution in [-0.2, 0) is 4.79 Å². The van der Waals surface area contributed by atoms with E-state index in [-0.39, 0.29) is 5.69 Å². The Morgan fingerprint density at radius 2 is 2.00 bits per heavy atom. The van der Waals surface area contributed by atoms with Gasteiger partial charge in [0.05, 0.1) is 5.69 Å². The summed E-state index contributed by atoms with van der Waals surface area (Å²) >= 11 is 5.83. The van der Waals surface area contributed by atoms with E-state index in [1.807, 2.05) is 0 Å². The summed E-state index contributed by atoms with van der Waals surface area (Å²) in [6.07, 6.45) is -0.770. The zero-order chi connectivity index (χ0) is 14.5. The lowest BCUT2D eigenvalue weighted by Crippen LogP contribution is -2.30. The molecule has 5 heteroatoms. The Morgan fingerprint density at radius 3 is 2.70 bits per heavy atom. The zero-order valence-electron chi connectivity index (χ0n) is 10.8. The minimum Gasteiger partial charge on any atom is -0.481 e. The van der Waals surface area contributed by atoms with E-state index in [0.717, 1.165) is 0 Å². The van der Waals surface area contributed by atoms with Crippen LogP contribution in [0.2, 0.25) is 5.02 Å². The predicted octanol–water partition coefficient (Wildman–Crippen LogP) is 3.89. The average Bonchev–Trinajstić information content (AvgIpc) is 2.41. The Morgan fingerprint density at radius 1 is 1.25 bits per heavy atom. The normalized spacial score (nSPS) is 11.8. The van der Waals surface area contributed by atoms with E-state index in [0.29, 0.717) is 10.8 Å². The number of ether oxygens (including phenoxy) is 1. The summed E-state index contributed by atoms with van der Waals surface area (Å²) in [5, 5.41) is 2.99. The zero-order valence-corrected chi connectivity index (χ0v) is 11.5. The number of benzene rings is 2. The molecule has 3 nitrogen and oxygen atoms in total. The molecule has 2 aromatic rings. The van der Waals surface area contributed by atoms with Gasteiger partial charge < -0.3 is 10.1 Å². The Balaban J connectivity index is 2.01. The maximum absolute atomic E-state index is 13.4. The van der Waals surface area contributed by atoms with Gasteiger partial charge in [-0.1, -0.05) is 29.8 Å². The van der Waals surface area contributed by atoms with Gasteiger partial charge in [0.15, 0.2) is 6.10 Å². The van der Waals surface area contributed by atoms with Crippen molar-refractivity contribution in [2.45, 2.75) is 13.0 Å². The van der Waals surface area contributed by atoms with Crippen molar-refractivity contribution in [3.8, 4) is 5.75 Å². The lowest BCUT2D eigenvalue weighted by atomic mass is 10.3.